The molecular formula is C27H29N2O3+. The fourth-order valence-corrected chi connectivity index (χ4v) is 3.97. The molecular weight excluding hydrogens is 400 g/mol. The summed E-state index contributed by atoms with van der Waals surface area (Å²) >= 11 is 0. The molecule has 0 fully saturated rings. The molecule has 0 spiro atoms. The van der Waals surface area contributed by atoms with Gasteiger partial charge in [0.25, 0.3) is 0 Å². The molecule has 0 atom stereocenters. The molecule has 5 heteroatoms. The third-order valence-electron chi connectivity index (χ3n) is 5.66. The van der Waals surface area contributed by atoms with E-state index in [0.717, 1.165) is 50.0 Å². The number of esters is 1. The Kier molecular flexibility index (Phi) is 5.74. The van der Waals surface area contributed by atoms with Crippen molar-refractivity contribution in [3.8, 4) is 22.5 Å². The van der Waals surface area contributed by atoms with Gasteiger partial charge in [-0.1, -0.05) is 17.7 Å². The Morgan fingerprint density at radius 2 is 1.78 bits per heavy atom. The molecule has 2 aromatic rings. The van der Waals surface area contributed by atoms with Crippen LogP contribution in [0.15, 0.2) is 59.0 Å². The number of hydrogen-bond acceptors (Lipinski definition) is 4. The van der Waals surface area contributed by atoms with Crippen molar-refractivity contribution in [3.63, 3.8) is 0 Å². The summed E-state index contributed by atoms with van der Waals surface area (Å²) in [4.78, 5) is 14.9. The Morgan fingerprint density at radius 1 is 1.00 bits per heavy atom. The van der Waals surface area contributed by atoms with Crippen molar-refractivity contribution in [3.05, 3.63) is 71.1 Å². The number of nitrogens with zero attached hydrogens (tertiary/aromatic N) is 2. The summed E-state index contributed by atoms with van der Waals surface area (Å²) < 4.78 is 13.8. The first kappa shape index (κ1) is 21.6. The minimum Gasteiger partial charge on any atom is -0.462 e. The van der Waals surface area contributed by atoms with Gasteiger partial charge in [0.05, 0.1) is 18.2 Å². The zero-order valence-corrected chi connectivity index (χ0v) is 19.5. The van der Waals surface area contributed by atoms with E-state index in [-0.39, 0.29) is 5.97 Å². The first-order valence-electron chi connectivity index (χ1n) is 10.8. The zero-order chi connectivity index (χ0) is 23.0. The Morgan fingerprint density at radius 3 is 2.47 bits per heavy atom. The third kappa shape index (κ3) is 3.86. The first-order chi connectivity index (χ1) is 15.3. The van der Waals surface area contributed by atoms with Crippen molar-refractivity contribution >= 4 is 22.6 Å². The molecule has 1 heterocycles. The highest BCUT2D eigenvalue weighted by molar-refractivity contribution is 6.08. The second-order valence-corrected chi connectivity index (χ2v) is 8.40. The van der Waals surface area contributed by atoms with Crippen LogP contribution in [0, 0.1) is 6.92 Å². The summed E-state index contributed by atoms with van der Waals surface area (Å²) in [6.07, 6.45) is 0. The summed E-state index contributed by atoms with van der Waals surface area (Å²) in [7, 11) is 8.03. The van der Waals surface area contributed by atoms with Gasteiger partial charge in [0.2, 0.25) is 5.36 Å². The molecule has 0 amide bonds. The fourth-order valence-electron chi connectivity index (χ4n) is 3.97. The predicted octanol–water partition coefficient (Wildman–Crippen LogP) is 4.79. The lowest BCUT2D eigenvalue weighted by molar-refractivity contribution is 0.0527. The molecule has 0 unspecified atom stereocenters. The number of rotatable bonds is 4. The van der Waals surface area contributed by atoms with Crippen LogP contribution < -0.4 is 14.8 Å². The van der Waals surface area contributed by atoms with E-state index in [0.29, 0.717) is 12.2 Å². The van der Waals surface area contributed by atoms with Gasteiger partial charge in [0, 0.05) is 48.4 Å². The van der Waals surface area contributed by atoms with E-state index in [1.165, 1.54) is 0 Å². The minimum absolute atomic E-state index is 0.320. The van der Waals surface area contributed by atoms with Crippen LogP contribution in [0.1, 0.15) is 22.8 Å². The van der Waals surface area contributed by atoms with Crippen molar-refractivity contribution in [1.82, 2.24) is 4.58 Å². The molecule has 0 bridgehead atoms. The van der Waals surface area contributed by atoms with E-state index in [2.05, 4.69) is 30.3 Å². The predicted molar refractivity (Wildman–Crippen MR) is 130 cm³/mol. The van der Waals surface area contributed by atoms with Gasteiger partial charge in [0.1, 0.15) is 25.4 Å². The van der Waals surface area contributed by atoms with Gasteiger partial charge in [-0.15, -0.1) is 0 Å². The molecule has 0 radical (unpaired) electrons. The fraction of sp³-hybridized carbons (Fsp3) is 0.259. The largest absolute Gasteiger partial charge is 0.462 e. The molecule has 5 nitrogen and oxygen atoms in total. The van der Waals surface area contributed by atoms with Crippen molar-refractivity contribution < 1.29 is 13.9 Å². The molecule has 32 heavy (non-hydrogen) atoms. The molecule has 4 rings (SSSR count). The smallest absolute Gasteiger partial charge is 0.338 e. The van der Waals surface area contributed by atoms with E-state index < -0.39 is 0 Å². The van der Waals surface area contributed by atoms with Gasteiger partial charge in [0.15, 0.2) is 0 Å². The van der Waals surface area contributed by atoms with Crippen LogP contribution in [0.25, 0.3) is 33.4 Å². The number of anilines is 1. The number of aryl methyl sites for hydroxylation is 1. The van der Waals surface area contributed by atoms with Gasteiger partial charge in [-0.25, -0.2) is 9.37 Å². The van der Waals surface area contributed by atoms with Gasteiger partial charge >= 0.3 is 5.97 Å². The van der Waals surface area contributed by atoms with E-state index in [9.17, 15) is 4.79 Å². The molecule has 1 aliphatic heterocycles. The first-order valence-corrected chi connectivity index (χ1v) is 10.8. The number of hydrogen-bond donors (Lipinski definition) is 0. The zero-order valence-electron chi connectivity index (χ0n) is 19.5. The summed E-state index contributed by atoms with van der Waals surface area (Å²) in [6, 6.07) is 18.2. The summed E-state index contributed by atoms with van der Waals surface area (Å²) in [6.45, 7) is 4.18. The van der Waals surface area contributed by atoms with E-state index in [4.69, 9.17) is 9.15 Å². The maximum absolute atomic E-state index is 12.9. The minimum atomic E-state index is -0.320. The van der Waals surface area contributed by atoms with Gasteiger partial charge in [-0.3, -0.25) is 0 Å². The number of ether oxygens (including phenoxy) is 1. The van der Waals surface area contributed by atoms with Crippen LogP contribution in [0.2, 0.25) is 0 Å². The van der Waals surface area contributed by atoms with Gasteiger partial charge in [-0.05, 0) is 43.7 Å². The van der Waals surface area contributed by atoms with Crippen LogP contribution in [-0.4, -0.2) is 40.8 Å². The average molecular weight is 430 g/mol. The second-order valence-electron chi connectivity index (χ2n) is 8.40. The highest BCUT2D eigenvalue weighted by atomic mass is 16.5. The van der Waals surface area contributed by atoms with Gasteiger partial charge in [-0.2, -0.15) is 0 Å². The SMILES string of the molecule is CCOC(=O)c1ccc(C)cc1-c1c2ccc(=[N+](C)C)cc-2oc2cc(N(C)C)ccc12. The average Bonchev–Trinajstić information content (AvgIpc) is 2.76. The maximum Gasteiger partial charge on any atom is 0.338 e. The standard InChI is InChI=1S/C27H29N2O3/c1-7-31-27(30)20-11-8-17(2)14-23(20)26-21-12-9-18(28(3)4)15-24(21)32-25-16-19(29(5)6)10-13-22(25)26/h8-16H,7H2,1-6H3/q+1. The number of carbonyl (C=O) groups excluding carboxylic acids is 1. The van der Waals surface area contributed by atoms with Crippen LogP contribution >= 0.6 is 0 Å². The van der Waals surface area contributed by atoms with Crippen LogP contribution in [0.3, 0.4) is 0 Å². The van der Waals surface area contributed by atoms with E-state index in [1.54, 1.807) is 0 Å². The Bertz CT molecular complexity index is 1360. The molecule has 2 aliphatic rings. The molecule has 0 saturated heterocycles. The Labute approximate surface area is 188 Å². The van der Waals surface area contributed by atoms with Crippen LogP contribution in [0.4, 0.5) is 5.69 Å². The summed E-state index contributed by atoms with van der Waals surface area (Å²) in [5.41, 5.74) is 6.23. The topological polar surface area (TPSA) is 45.7 Å². The Hall–Kier alpha value is -3.60. The lowest BCUT2D eigenvalue weighted by Gasteiger charge is -2.19. The second kappa shape index (κ2) is 8.50. The van der Waals surface area contributed by atoms with Crippen molar-refractivity contribution in [2.45, 2.75) is 13.8 Å². The monoisotopic (exact) mass is 429 g/mol. The van der Waals surface area contributed by atoms with E-state index >= 15 is 0 Å². The molecule has 0 N–H and O–H groups in total. The number of fused-ring (bicyclic) bond motifs is 2. The number of benzene rings is 3. The van der Waals surface area contributed by atoms with Crippen LogP contribution in [-0.2, 0) is 4.74 Å². The molecule has 1 aliphatic carbocycles. The lowest BCUT2D eigenvalue weighted by atomic mass is 9.89. The molecule has 164 valence electrons. The van der Waals surface area contributed by atoms with Gasteiger partial charge < -0.3 is 14.1 Å². The van der Waals surface area contributed by atoms with Crippen molar-refractivity contribution in [2.24, 2.45) is 0 Å². The molecule has 2 aromatic carbocycles. The molecule has 0 saturated carbocycles. The highest BCUT2D eigenvalue weighted by Crippen LogP contribution is 2.42. The van der Waals surface area contributed by atoms with Crippen LogP contribution in [0.5, 0.6) is 0 Å². The number of carbonyl (C=O) groups is 1. The van der Waals surface area contributed by atoms with Crippen molar-refractivity contribution in [1.29, 1.82) is 0 Å². The maximum atomic E-state index is 12.9. The molecule has 0 aromatic heterocycles. The van der Waals surface area contributed by atoms with E-state index in [1.807, 2.05) is 75.8 Å². The summed E-state index contributed by atoms with van der Waals surface area (Å²) in [5, 5.41) is 2.00. The Balaban J connectivity index is 2.16. The third-order valence-corrected chi connectivity index (χ3v) is 5.66. The quantitative estimate of drug-likeness (QED) is 0.266. The lowest BCUT2D eigenvalue weighted by Crippen LogP contribution is -2.21. The normalized spacial score (nSPS) is 11.1. The highest BCUT2D eigenvalue weighted by Gasteiger charge is 2.23. The summed E-state index contributed by atoms with van der Waals surface area (Å²) in [5.74, 6) is 0.449. The van der Waals surface area contributed by atoms with Crippen molar-refractivity contribution in [2.75, 3.05) is 39.7 Å².